The molecule has 0 heterocycles. The third-order valence-electron chi connectivity index (χ3n) is 3.42. The van der Waals surface area contributed by atoms with Crippen molar-refractivity contribution in [1.82, 2.24) is 4.31 Å². The molecular weight excluding hydrogens is 334 g/mol. The fraction of sp³-hybridized carbons (Fsp3) is 0.250. The van der Waals surface area contributed by atoms with Crippen molar-refractivity contribution in [1.29, 1.82) is 0 Å². The predicted molar refractivity (Wildman–Crippen MR) is 86.7 cm³/mol. The molecule has 2 aromatic rings. The molecule has 2 rings (SSSR count). The van der Waals surface area contributed by atoms with Gasteiger partial charge in [-0.05, 0) is 22.9 Å². The van der Waals surface area contributed by atoms with E-state index in [0.29, 0.717) is 0 Å². The molecule has 0 aliphatic carbocycles. The number of esters is 2. The van der Waals surface area contributed by atoms with Gasteiger partial charge < -0.3 is 9.47 Å². The summed E-state index contributed by atoms with van der Waals surface area (Å²) in [5, 5.41) is 1.61. The zero-order chi connectivity index (χ0) is 17.7. The number of ether oxygens (including phenoxy) is 2. The predicted octanol–water partition coefficient (Wildman–Crippen LogP) is 1.18. The summed E-state index contributed by atoms with van der Waals surface area (Å²) in [4.78, 5) is 23.0. The first kappa shape index (κ1) is 17.9. The summed E-state index contributed by atoms with van der Waals surface area (Å²) >= 11 is 0. The lowest BCUT2D eigenvalue weighted by atomic mass is 10.1. The van der Waals surface area contributed by atoms with Crippen molar-refractivity contribution in [3.63, 3.8) is 0 Å². The van der Waals surface area contributed by atoms with Gasteiger partial charge in [0.15, 0.2) is 0 Å². The molecule has 0 saturated heterocycles. The summed E-state index contributed by atoms with van der Waals surface area (Å²) in [5.74, 6) is -1.55. The minimum atomic E-state index is -4.07. The van der Waals surface area contributed by atoms with Gasteiger partial charge in [-0.25, -0.2) is 8.42 Å². The molecule has 0 atom stereocenters. The molecule has 0 fully saturated rings. The molecule has 0 aliphatic rings. The van der Waals surface area contributed by atoms with Gasteiger partial charge in [-0.15, -0.1) is 0 Å². The highest BCUT2D eigenvalue weighted by Crippen LogP contribution is 2.22. The molecule has 0 aliphatic heterocycles. The largest absolute Gasteiger partial charge is 0.468 e. The van der Waals surface area contributed by atoms with E-state index in [1.165, 1.54) is 12.1 Å². The van der Waals surface area contributed by atoms with Crippen molar-refractivity contribution >= 4 is 32.7 Å². The lowest BCUT2D eigenvalue weighted by Gasteiger charge is -2.20. The zero-order valence-corrected chi connectivity index (χ0v) is 14.1. The van der Waals surface area contributed by atoms with Crippen molar-refractivity contribution in [2.24, 2.45) is 0 Å². The van der Waals surface area contributed by atoms with Crippen LogP contribution in [0.15, 0.2) is 47.4 Å². The number of nitrogens with zero attached hydrogens (tertiary/aromatic N) is 1. The third-order valence-corrected chi connectivity index (χ3v) is 5.21. The van der Waals surface area contributed by atoms with Crippen molar-refractivity contribution in [3.8, 4) is 0 Å². The molecule has 2 aromatic carbocycles. The first-order valence-corrected chi connectivity index (χ1v) is 8.45. The number of benzene rings is 2. The maximum atomic E-state index is 12.8. The summed E-state index contributed by atoms with van der Waals surface area (Å²) < 4.78 is 35.3. The highest BCUT2D eigenvalue weighted by Gasteiger charge is 2.29. The number of fused-ring (bicyclic) bond motifs is 1. The van der Waals surface area contributed by atoms with E-state index in [2.05, 4.69) is 9.47 Å². The Hall–Kier alpha value is -2.45. The van der Waals surface area contributed by atoms with Crippen LogP contribution < -0.4 is 0 Å². The summed E-state index contributed by atoms with van der Waals surface area (Å²) in [5.41, 5.74) is 0. The summed E-state index contributed by atoms with van der Waals surface area (Å²) in [6.45, 7) is -1.17. The lowest BCUT2D eigenvalue weighted by Crippen LogP contribution is -2.40. The van der Waals surface area contributed by atoms with Crippen molar-refractivity contribution in [3.05, 3.63) is 42.5 Å². The van der Waals surface area contributed by atoms with Gasteiger partial charge in [-0.1, -0.05) is 30.3 Å². The van der Waals surface area contributed by atoms with E-state index in [1.807, 2.05) is 12.1 Å². The average molecular weight is 351 g/mol. The number of hydrogen-bond acceptors (Lipinski definition) is 6. The van der Waals surface area contributed by atoms with Gasteiger partial charge in [0.1, 0.15) is 13.1 Å². The SMILES string of the molecule is COC(=O)CN(CC(=O)OC)S(=O)(=O)c1ccc2ccccc2c1. The minimum Gasteiger partial charge on any atom is -0.468 e. The van der Waals surface area contributed by atoms with Crippen LogP contribution >= 0.6 is 0 Å². The molecule has 0 spiro atoms. The van der Waals surface area contributed by atoms with Crippen LogP contribution in [0.5, 0.6) is 0 Å². The quantitative estimate of drug-likeness (QED) is 0.726. The van der Waals surface area contributed by atoms with Gasteiger partial charge in [0, 0.05) is 0 Å². The number of carbonyl (C=O) groups is 2. The van der Waals surface area contributed by atoms with E-state index >= 15 is 0 Å². The van der Waals surface area contributed by atoms with E-state index in [-0.39, 0.29) is 4.90 Å². The Labute approximate surface area is 139 Å². The maximum absolute atomic E-state index is 12.8. The summed E-state index contributed by atoms with van der Waals surface area (Å²) in [6.07, 6.45) is 0. The topological polar surface area (TPSA) is 90.0 Å². The maximum Gasteiger partial charge on any atom is 0.321 e. The zero-order valence-electron chi connectivity index (χ0n) is 13.3. The highest BCUT2D eigenvalue weighted by molar-refractivity contribution is 7.89. The molecule has 0 unspecified atom stereocenters. The molecule has 0 bridgehead atoms. The number of rotatable bonds is 6. The molecule has 0 aromatic heterocycles. The van der Waals surface area contributed by atoms with E-state index in [4.69, 9.17) is 0 Å². The summed E-state index contributed by atoms with van der Waals surface area (Å²) in [7, 11) is -1.79. The Morgan fingerprint density at radius 3 is 2.00 bits per heavy atom. The van der Waals surface area contributed by atoms with Gasteiger partial charge in [-0.2, -0.15) is 4.31 Å². The van der Waals surface area contributed by atoms with Crippen LogP contribution in [0.3, 0.4) is 0 Å². The van der Waals surface area contributed by atoms with Gasteiger partial charge in [0.2, 0.25) is 10.0 Å². The molecule has 0 saturated carbocycles. The van der Waals surface area contributed by atoms with Gasteiger partial charge in [-0.3, -0.25) is 9.59 Å². The van der Waals surface area contributed by atoms with Crippen LogP contribution in [-0.4, -0.2) is 52.0 Å². The van der Waals surface area contributed by atoms with Crippen LogP contribution in [0, 0.1) is 0 Å². The number of hydrogen-bond donors (Lipinski definition) is 0. The Kier molecular flexibility index (Phi) is 5.53. The van der Waals surface area contributed by atoms with E-state index in [1.54, 1.807) is 18.2 Å². The van der Waals surface area contributed by atoms with Crippen LogP contribution in [0.2, 0.25) is 0 Å². The van der Waals surface area contributed by atoms with Gasteiger partial charge >= 0.3 is 11.9 Å². The Morgan fingerprint density at radius 1 is 0.917 bits per heavy atom. The van der Waals surface area contributed by atoms with Gasteiger partial charge in [0.25, 0.3) is 0 Å². The van der Waals surface area contributed by atoms with Crippen LogP contribution in [0.1, 0.15) is 0 Å². The minimum absolute atomic E-state index is 0.0194. The van der Waals surface area contributed by atoms with Crippen LogP contribution in [0.4, 0.5) is 0 Å². The average Bonchev–Trinajstić information content (AvgIpc) is 2.60. The lowest BCUT2D eigenvalue weighted by molar-refractivity contribution is -0.143. The van der Waals surface area contributed by atoms with Crippen LogP contribution in [0.25, 0.3) is 10.8 Å². The number of carbonyl (C=O) groups excluding carboxylic acids is 2. The molecule has 24 heavy (non-hydrogen) atoms. The molecule has 0 amide bonds. The van der Waals surface area contributed by atoms with Crippen molar-refractivity contribution < 1.29 is 27.5 Å². The second-order valence-corrected chi connectivity index (χ2v) is 6.87. The molecular formula is C16H17NO6S. The standard InChI is InChI=1S/C16H17NO6S/c1-22-15(18)10-17(11-16(19)23-2)24(20,21)14-8-7-12-5-3-4-6-13(12)9-14/h3-9H,10-11H2,1-2H3. The summed E-state index contributed by atoms with van der Waals surface area (Å²) in [6, 6.07) is 11.9. The highest BCUT2D eigenvalue weighted by atomic mass is 32.2. The molecule has 128 valence electrons. The normalized spacial score (nSPS) is 11.5. The Morgan fingerprint density at radius 2 is 1.46 bits per heavy atom. The fourth-order valence-corrected chi connectivity index (χ4v) is 3.48. The Balaban J connectivity index is 2.43. The third kappa shape index (κ3) is 3.90. The first-order valence-electron chi connectivity index (χ1n) is 7.01. The number of sulfonamides is 1. The van der Waals surface area contributed by atoms with E-state index < -0.39 is 35.1 Å². The molecule has 0 N–H and O–H groups in total. The first-order chi connectivity index (χ1) is 11.4. The van der Waals surface area contributed by atoms with Gasteiger partial charge in [0.05, 0.1) is 19.1 Å². The molecule has 7 nitrogen and oxygen atoms in total. The van der Waals surface area contributed by atoms with E-state index in [0.717, 1.165) is 29.3 Å². The number of methoxy groups -OCH3 is 2. The smallest absolute Gasteiger partial charge is 0.321 e. The molecule has 8 heteroatoms. The second kappa shape index (κ2) is 7.41. The Bertz CT molecular complexity index is 844. The van der Waals surface area contributed by atoms with E-state index in [9.17, 15) is 18.0 Å². The van der Waals surface area contributed by atoms with Crippen molar-refractivity contribution in [2.75, 3.05) is 27.3 Å². The molecule has 0 radical (unpaired) electrons. The fourth-order valence-electron chi connectivity index (χ4n) is 2.12. The van der Waals surface area contributed by atoms with Crippen LogP contribution in [-0.2, 0) is 29.1 Å². The monoisotopic (exact) mass is 351 g/mol. The van der Waals surface area contributed by atoms with Crippen molar-refractivity contribution in [2.45, 2.75) is 4.90 Å². The second-order valence-electron chi connectivity index (χ2n) is 4.93.